The van der Waals surface area contributed by atoms with E-state index >= 15 is 0 Å². The number of ketones is 1. The summed E-state index contributed by atoms with van der Waals surface area (Å²) in [6.07, 6.45) is -0.156. The van der Waals surface area contributed by atoms with Gasteiger partial charge in [0.2, 0.25) is 0 Å². The number of Topliss-reactive ketones (excluding diaryl/α,β-unsaturated/α-hetero) is 1. The average Bonchev–Trinajstić information content (AvgIpc) is 2.23. The van der Waals surface area contributed by atoms with E-state index in [2.05, 4.69) is 0 Å². The molecule has 0 amide bonds. The van der Waals surface area contributed by atoms with Crippen molar-refractivity contribution in [3.8, 4) is 6.07 Å². The zero-order valence-electron chi connectivity index (χ0n) is 9.63. The fourth-order valence-electron chi connectivity index (χ4n) is 1.42. The van der Waals surface area contributed by atoms with E-state index in [4.69, 9.17) is 16.9 Å². The van der Waals surface area contributed by atoms with Crippen LogP contribution < -0.4 is 4.90 Å². The first-order valence-corrected chi connectivity index (χ1v) is 5.39. The van der Waals surface area contributed by atoms with E-state index in [1.165, 1.54) is 17.0 Å². The molecule has 0 saturated carbocycles. The van der Waals surface area contributed by atoms with Gasteiger partial charge in [0.05, 0.1) is 29.7 Å². The molecule has 0 aliphatic heterocycles. The number of aryl methyl sites for hydroxylation is 1. The normalized spacial score (nSPS) is 9.82. The third-order valence-electron chi connectivity index (χ3n) is 2.33. The summed E-state index contributed by atoms with van der Waals surface area (Å²) in [6.45, 7) is 1.65. The number of likely N-dealkylation sites (N-methyl/N-ethyl adjacent to an activating group) is 1. The van der Waals surface area contributed by atoms with Crippen molar-refractivity contribution >= 4 is 23.1 Å². The molecule has 1 rings (SSSR count). The molecule has 1 aromatic rings. The molecule has 0 aliphatic rings. The van der Waals surface area contributed by atoms with E-state index in [9.17, 15) is 9.18 Å². The first-order chi connectivity index (χ1) is 7.95. The number of nitrogens with zero attached hydrogens (tertiary/aromatic N) is 2. The molecule has 0 saturated heterocycles. The van der Waals surface area contributed by atoms with E-state index in [1.807, 2.05) is 0 Å². The first kappa shape index (κ1) is 13.5. The Balaban J connectivity index is 2.90. The van der Waals surface area contributed by atoms with E-state index < -0.39 is 0 Å². The Morgan fingerprint density at radius 3 is 2.82 bits per heavy atom. The van der Waals surface area contributed by atoms with Crippen molar-refractivity contribution in [3.63, 3.8) is 0 Å². The van der Waals surface area contributed by atoms with Gasteiger partial charge in [-0.3, -0.25) is 4.79 Å². The molecule has 0 radical (unpaired) electrons. The van der Waals surface area contributed by atoms with E-state index in [0.717, 1.165) is 0 Å². The minimum Gasteiger partial charge on any atom is -0.366 e. The monoisotopic (exact) mass is 254 g/mol. The number of halogens is 2. The second-order valence-corrected chi connectivity index (χ2v) is 4.19. The third kappa shape index (κ3) is 3.43. The van der Waals surface area contributed by atoms with Crippen molar-refractivity contribution in [2.24, 2.45) is 0 Å². The lowest BCUT2D eigenvalue weighted by Gasteiger charge is -2.19. The van der Waals surface area contributed by atoms with Crippen LogP contribution in [0.4, 0.5) is 10.1 Å². The van der Waals surface area contributed by atoms with Gasteiger partial charge in [-0.25, -0.2) is 4.39 Å². The summed E-state index contributed by atoms with van der Waals surface area (Å²) in [6, 6.07) is 4.58. The molecule has 0 N–H and O–H groups in total. The van der Waals surface area contributed by atoms with Gasteiger partial charge in [-0.05, 0) is 24.6 Å². The van der Waals surface area contributed by atoms with E-state index in [0.29, 0.717) is 16.3 Å². The number of hydrogen-bond donors (Lipinski definition) is 0. The molecule has 0 unspecified atom stereocenters. The number of carbonyl (C=O) groups is 1. The van der Waals surface area contributed by atoms with Gasteiger partial charge in [-0.2, -0.15) is 5.26 Å². The van der Waals surface area contributed by atoms with Crippen LogP contribution in [-0.2, 0) is 4.79 Å². The van der Waals surface area contributed by atoms with Crippen LogP contribution >= 0.6 is 11.6 Å². The molecule has 0 heterocycles. The number of nitriles is 1. The summed E-state index contributed by atoms with van der Waals surface area (Å²) in [5.74, 6) is -0.601. The Kier molecular flexibility index (Phi) is 4.47. The number of carbonyl (C=O) groups excluding carboxylic acids is 1. The third-order valence-corrected chi connectivity index (χ3v) is 2.63. The Morgan fingerprint density at radius 2 is 2.24 bits per heavy atom. The predicted molar refractivity (Wildman–Crippen MR) is 64.7 cm³/mol. The van der Waals surface area contributed by atoms with Crippen molar-refractivity contribution in [1.82, 2.24) is 0 Å². The van der Waals surface area contributed by atoms with E-state index in [1.54, 1.807) is 20.0 Å². The van der Waals surface area contributed by atoms with Gasteiger partial charge in [0, 0.05) is 7.05 Å². The zero-order valence-corrected chi connectivity index (χ0v) is 10.4. The molecular formula is C12H12ClFN2O. The highest BCUT2D eigenvalue weighted by atomic mass is 35.5. The molecule has 0 aliphatic carbocycles. The van der Waals surface area contributed by atoms with Crippen LogP contribution in [0.15, 0.2) is 12.1 Å². The summed E-state index contributed by atoms with van der Waals surface area (Å²) in [5, 5.41) is 8.77. The van der Waals surface area contributed by atoms with Gasteiger partial charge in [-0.15, -0.1) is 0 Å². The molecule has 1 aromatic carbocycles. The number of hydrogen-bond acceptors (Lipinski definition) is 3. The van der Waals surface area contributed by atoms with Crippen molar-refractivity contribution in [2.75, 3.05) is 18.5 Å². The highest BCUT2D eigenvalue weighted by Crippen LogP contribution is 2.27. The molecule has 0 bridgehead atoms. The summed E-state index contributed by atoms with van der Waals surface area (Å²) in [7, 11) is 1.63. The lowest BCUT2D eigenvalue weighted by atomic mass is 10.2. The largest absolute Gasteiger partial charge is 0.366 e. The van der Waals surface area contributed by atoms with Gasteiger partial charge in [0.25, 0.3) is 0 Å². The molecule has 3 nitrogen and oxygen atoms in total. The quantitative estimate of drug-likeness (QED) is 0.830. The fraction of sp³-hybridized carbons (Fsp3) is 0.333. The number of anilines is 1. The number of rotatable bonds is 4. The molecule has 5 heteroatoms. The minimum absolute atomic E-state index is 0.0375. The SMILES string of the molecule is Cc1cc(Cl)c(N(C)CC(=O)CC#N)cc1F. The van der Waals surface area contributed by atoms with Crippen LogP contribution in [0.2, 0.25) is 5.02 Å². The van der Waals surface area contributed by atoms with Gasteiger partial charge >= 0.3 is 0 Å². The van der Waals surface area contributed by atoms with Gasteiger partial charge in [-0.1, -0.05) is 11.6 Å². The molecular weight excluding hydrogens is 243 g/mol. The van der Waals surface area contributed by atoms with Crippen molar-refractivity contribution in [1.29, 1.82) is 5.26 Å². The average molecular weight is 255 g/mol. The van der Waals surface area contributed by atoms with Crippen LogP contribution in [0.25, 0.3) is 0 Å². The van der Waals surface area contributed by atoms with Crippen LogP contribution in [0.5, 0.6) is 0 Å². The second kappa shape index (κ2) is 5.65. The van der Waals surface area contributed by atoms with E-state index in [-0.39, 0.29) is 24.6 Å². The van der Waals surface area contributed by atoms with Gasteiger partial charge < -0.3 is 4.90 Å². The summed E-state index contributed by atoms with van der Waals surface area (Å²) in [4.78, 5) is 12.8. The van der Waals surface area contributed by atoms with Gasteiger partial charge in [0.1, 0.15) is 5.82 Å². The van der Waals surface area contributed by atoms with Crippen LogP contribution in [0.3, 0.4) is 0 Å². The Labute approximate surface area is 104 Å². The van der Waals surface area contributed by atoms with Gasteiger partial charge in [0.15, 0.2) is 5.78 Å². The highest BCUT2D eigenvalue weighted by molar-refractivity contribution is 6.33. The van der Waals surface area contributed by atoms with Crippen molar-refractivity contribution in [2.45, 2.75) is 13.3 Å². The smallest absolute Gasteiger partial charge is 0.166 e. The lowest BCUT2D eigenvalue weighted by Crippen LogP contribution is -2.25. The Morgan fingerprint density at radius 1 is 1.59 bits per heavy atom. The van der Waals surface area contributed by atoms with Crippen molar-refractivity contribution in [3.05, 3.63) is 28.5 Å². The maximum Gasteiger partial charge on any atom is 0.166 e. The molecule has 0 atom stereocenters. The Bertz CT molecular complexity index is 482. The van der Waals surface area contributed by atoms with Crippen LogP contribution in [0, 0.1) is 24.1 Å². The highest BCUT2D eigenvalue weighted by Gasteiger charge is 2.12. The lowest BCUT2D eigenvalue weighted by molar-refractivity contribution is -0.116. The summed E-state index contributed by atoms with van der Waals surface area (Å²) in [5.41, 5.74) is 0.900. The molecule has 90 valence electrons. The molecule has 0 fully saturated rings. The predicted octanol–water partition coefficient (Wildman–Crippen LogP) is 2.71. The summed E-state index contributed by atoms with van der Waals surface area (Å²) < 4.78 is 13.4. The molecule has 17 heavy (non-hydrogen) atoms. The second-order valence-electron chi connectivity index (χ2n) is 3.78. The maximum atomic E-state index is 13.4. The zero-order chi connectivity index (χ0) is 13.0. The molecule has 0 aromatic heterocycles. The van der Waals surface area contributed by atoms with Crippen LogP contribution in [-0.4, -0.2) is 19.4 Å². The first-order valence-electron chi connectivity index (χ1n) is 5.01. The minimum atomic E-state index is -0.371. The van der Waals surface area contributed by atoms with Crippen LogP contribution in [0.1, 0.15) is 12.0 Å². The number of benzene rings is 1. The Hall–Kier alpha value is -1.60. The standard InChI is InChI=1S/C12H12ClFN2O/c1-8-5-10(13)12(6-11(8)14)16(2)7-9(17)3-4-15/h5-6H,3,7H2,1-2H3. The topological polar surface area (TPSA) is 44.1 Å². The fourth-order valence-corrected chi connectivity index (χ4v) is 1.78. The molecule has 0 spiro atoms. The van der Waals surface area contributed by atoms with Crippen molar-refractivity contribution < 1.29 is 9.18 Å². The maximum absolute atomic E-state index is 13.4. The summed E-state index contributed by atoms with van der Waals surface area (Å²) >= 11 is 5.97.